The molecular weight excluding hydrogens is 327 g/mol. The maximum atomic E-state index is 13.9. The maximum Gasteiger partial charge on any atom is 0.233 e. The minimum atomic E-state index is -0.331. The lowest BCUT2D eigenvalue weighted by molar-refractivity contribution is -0.131. The fourth-order valence-corrected chi connectivity index (χ4v) is 3.79. The minimum absolute atomic E-state index is 0.127. The molecule has 1 fully saturated rings. The highest BCUT2D eigenvalue weighted by Gasteiger charge is 2.24. The molecule has 7 heteroatoms. The van der Waals surface area contributed by atoms with E-state index in [9.17, 15) is 9.18 Å². The quantitative estimate of drug-likeness (QED) is 0.797. The van der Waals surface area contributed by atoms with Crippen LogP contribution >= 0.6 is 11.8 Å². The van der Waals surface area contributed by atoms with Crippen molar-refractivity contribution < 1.29 is 9.18 Å². The van der Waals surface area contributed by atoms with Crippen LogP contribution in [0.25, 0.3) is 11.4 Å². The first-order chi connectivity index (χ1) is 11.6. The highest BCUT2D eigenvalue weighted by atomic mass is 32.2. The van der Waals surface area contributed by atoms with Gasteiger partial charge in [0.25, 0.3) is 0 Å². The van der Waals surface area contributed by atoms with Gasteiger partial charge in [0.1, 0.15) is 5.82 Å². The molecule has 3 rings (SSSR count). The number of carbonyl (C=O) groups excluding carboxylic acids is 1. The van der Waals surface area contributed by atoms with Gasteiger partial charge in [0.05, 0.1) is 11.3 Å². The molecule has 1 saturated heterocycles. The largest absolute Gasteiger partial charge is 0.339 e. The topological polar surface area (TPSA) is 51.0 Å². The summed E-state index contributed by atoms with van der Waals surface area (Å²) in [6, 6.07) is 6.79. The van der Waals surface area contributed by atoms with Crippen LogP contribution in [0.3, 0.4) is 0 Å². The first-order valence-corrected chi connectivity index (χ1v) is 9.13. The van der Waals surface area contributed by atoms with Crippen molar-refractivity contribution in [1.82, 2.24) is 19.7 Å². The lowest BCUT2D eigenvalue weighted by atomic mass is 10.0. The van der Waals surface area contributed by atoms with E-state index < -0.39 is 0 Å². The van der Waals surface area contributed by atoms with E-state index in [1.165, 1.54) is 24.2 Å². The molecule has 0 radical (unpaired) electrons. The zero-order chi connectivity index (χ0) is 17.1. The van der Waals surface area contributed by atoms with Crippen LogP contribution in [0.4, 0.5) is 4.39 Å². The molecule has 2 heterocycles. The number of nitrogens with zero attached hydrogens (tertiary/aromatic N) is 4. The number of amides is 1. The van der Waals surface area contributed by atoms with E-state index in [0.717, 1.165) is 19.4 Å². The normalized spacial score (nSPS) is 18.0. The third-order valence-electron chi connectivity index (χ3n) is 4.40. The number of piperidine rings is 1. The molecule has 128 valence electrons. The Labute approximate surface area is 145 Å². The van der Waals surface area contributed by atoms with Crippen molar-refractivity contribution in [2.75, 3.05) is 12.3 Å². The average Bonchev–Trinajstić information content (AvgIpc) is 2.94. The van der Waals surface area contributed by atoms with Gasteiger partial charge >= 0.3 is 0 Å². The van der Waals surface area contributed by atoms with Gasteiger partial charge in [0.15, 0.2) is 11.0 Å². The van der Waals surface area contributed by atoms with Gasteiger partial charge in [0.2, 0.25) is 5.91 Å². The molecule has 1 unspecified atom stereocenters. The number of rotatable bonds is 4. The third kappa shape index (κ3) is 3.45. The lowest BCUT2D eigenvalue weighted by Crippen LogP contribution is -2.42. The third-order valence-corrected chi connectivity index (χ3v) is 5.40. The molecule has 2 aromatic rings. The van der Waals surface area contributed by atoms with E-state index in [1.807, 2.05) is 4.90 Å². The number of hydrogen-bond acceptors (Lipinski definition) is 4. The highest BCUT2D eigenvalue weighted by molar-refractivity contribution is 7.99. The predicted octanol–water partition coefficient (Wildman–Crippen LogP) is 3.11. The Balaban J connectivity index is 1.69. The Morgan fingerprint density at radius 3 is 2.88 bits per heavy atom. The van der Waals surface area contributed by atoms with Crippen LogP contribution in [0.15, 0.2) is 29.4 Å². The fraction of sp³-hybridized carbons (Fsp3) is 0.471. The van der Waals surface area contributed by atoms with Crippen LogP contribution in [0, 0.1) is 5.82 Å². The summed E-state index contributed by atoms with van der Waals surface area (Å²) in [6.45, 7) is 2.93. The molecule has 1 aliphatic rings. The molecule has 0 saturated carbocycles. The van der Waals surface area contributed by atoms with Crippen molar-refractivity contribution in [3.8, 4) is 11.4 Å². The zero-order valence-electron chi connectivity index (χ0n) is 13.9. The number of carbonyl (C=O) groups is 1. The predicted molar refractivity (Wildman–Crippen MR) is 92.1 cm³/mol. The second kappa shape index (κ2) is 7.34. The average molecular weight is 348 g/mol. The molecule has 1 amide bonds. The molecule has 1 atom stereocenters. The van der Waals surface area contributed by atoms with Crippen LogP contribution in [-0.2, 0) is 11.8 Å². The summed E-state index contributed by atoms with van der Waals surface area (Å²) in [5.41, 5.74) is 0.412. The summed E-state index contributed by atoms with van der Waals surface area (Å²) in [5.74, 6) is 0.591. The number of likely N-dealkylation sites (tertiary alicyclic amines) is 1. The van der Waals surface area contributed by atoms with E-state index in [1.54, 1.807) is 29.8 Å². The van der Waals surface area contributed by atoms with Crippen LogP contribution in [0.5, 0.6) is 0 Å². The fourth-order valence-electron chi connectivity index (χ4n) is 3.00. The SMILES string of the molecule is CC1CCCCN1C(=O)CSc1nnc(-c2ccccc2F)n1C. The first-order valence-electron chi connectivity index (χ1n) is 8.14. The number of benzene rings is 1. The number of aromatic nitrogens is 3. The summed E-state index contributed by atoms with van der Waals surface area (Å²) >= 11 is 1.35. The van der Waals surface area contributed by atoms with Crippen LogP contribution in [0.2, 0.25) is 0 Å². The number of thioether (sulfide) groups is 1. The van der Waals surface area contributed by atoms with Gasteiger partial charge in [-0.05, 0) is 38.3 Å². The van der Waals surface area contributed by atoms with E-state index in [-0.39, 0.29) is 11.7 Å². The summed E-state index contributed by atoms with van der Waals surface area (Å²) in [5, 5.41) is 8.80. The van der Waals surface area contributed by atoms with E-state index in [2.05, 4.69) is 17.1 Å². The maximum absolute atomic E-state index is 13.9. The van der Waals surface area contributed by atoms with Crippen molar-refractivity contribution in [3.63, 3.8) is 0 Å². The van der Waals surface area contributed by atoms with Gasteiger partial charge in [-0.3, -0.25) is 4.79 Å². The van der Waals surface area contributed by atoms with Gasteiger partial charge in [-0.15, -0.1) is 10.2 Å². The Morgan fingerprint density at radius 1 is 1.33 bits per heavy atom. The smallest absolute Gasteiger partial charge is 0.233 e. The molecule has 1 aromatic carbocycles. The van der Waals surface area contributed by atoms with Crippen molar-refractivity contribution in [2.24, 2.45) is 7.05 Å². The Morgan fingerprint density at radius 2 is 2.12 bits per heavy atom. The molecule has 0 aliphatic carbocycles. The van der Waals surface area contributed by atoms with E-state index in [4.69, 9.17) is 0 Å². The number of hydrogen-bond donors (Lipinski definition) is 0. The van der Waals surface area contributed by atoms with E-state index in [0.29, 0.717) is 28.3 Å². The standard InChI is InChI=1S/C17H21FN4OS/c1-12-7-5-6-10-22(12)15(23)11-24-17-20-19-16(21(17)2)13-8-3-4-9-14(13)18/h3-4,8-9,12H,5-7,10-11H2,1-2H3. The molecule has 24 heavy (non-hydrogen) atoms. The molecule has 1 aliphatic heterocycles. The molecule has 0 N–H and O–H groups in total. The van der Waals surface area contributed by atoms with Crippen LogP contribution in [-0.4, -0.2) is 43.9 Å². The minimum Gasteiger partial charge on any atom is -0.339 e. The molecular formula is C17H21FN4OS. The molecule has 1 aromatic heterocycles. The van der Waals surface area contributed by atoms with Crippen molar-refractivity contribution in [3.05, 3.63) is 30.1 Å². The summed E-state index contributed by atoms with van der Waals surface area (Å²) in [4.78, 5) is 14.4. The van der Waals surface area contributed by atoms with Crippen molar-refractivity contribution in [1.29, 1.82) is 0 Å². The van der Waals surface area contributed by atoms with Gasteiger partial charge in [0, 0.05) is 19.6 Å². The monoisotopic (exact) mass is 348 g/mol. The summed E-state index contributed by atoms with van der Waals surface area (Å²) < 4.78 is 15.6. The molecule has 0 bridgehead atoms. The van der Waals surface area contributed by atoms with Gasteiger partial charge in [-0.2, -0.15) is 0 Å². The Hall–Kier alpha value is -1.89. The molecule has 5 nitrogen and oxygen atoms in total. The lowest BCUT2D eigenvalue weighted by Gasteiger charge is -2.33. The van der Waals surface area contributed by atoms with Crippen LogP contribution in [0.1, 0.15) is 26.2 Å². The van der Waals surface area contributed by atoms with E-state index >= 15 is 0 Å². The summed E-state index contributed by atoms with van der Waals surface area (Å²) in [6.07, 6.45) is 3.33. The van der Waals surface area contributed by atoms with Crippen LogP contribution < -0.4 is 0 Å². The Kier molecular flexibility index (Phi) is 5.18. The zero-order valence-corrected chi connectivity index (χ0v) is 14.7. The van der Waals surface area contributed by atoms with Gasteiger partial charge in [-0.25, -0.2) is 4.39 Å². The molecule has 0 spiro atoms. The number of halogens is 1. The highest BCUT2D eigenvalue weighted by Crippen LogP contribution is 2.25. The second-order valence-corrected chi connectivity index (χ2v) is 7.01. The summed E-state index contributed by atoms with van der Waals surface area (Å²) in [7, 11) is 1.79. The Bertz CT molecular complexity index is 733. The van der Waals surface area contributed by atoms with Crippen molar-refractivity contribution >= 4 is 17.7 Å². The van der Waals surface area contributed by atoms with Gasteiger partial charge in [-0.1, -0.05) is 23.9 Å². The van der Waals surface area contributed by atoms with Gasteiger partial charge < -0.3 is 9.47 Å². The van der Waals surface area contributed by atoms with Crippen molar-refractivity contribution in [2.45, 2.75) is 37.4 Å². The second-order valence-electron chi connectivity index (χ2n) is 6.07. The first kappa shape index (κ1) is 17.0.